The molecule has 0 saturated heterocycles. The number of hydrogen-bond donors (Lipinski definition) is 3. The first-order valence-corrected chi connectivity index (χ1v) is 6.10. The van der Waals surface area contributed by atoms with Gasteiger partial charge in [-0.3, -0.25) is 10.2 Å². The molecule has 21 heavy (non-hydrogen) atoms. The first kappa shape index (κ1) is 14.6. The number of nitrogens with two attached hydrogens (primary N) is 1. The number of aliphatic carboxylic acids is 1. The van der Waals surface area contributed by atoms with E-state index in [-0.39, 0.29) is 18.1 Å². The lowest BCUT2D eigenvalue weighted by atomic mass is 10.1. The topological polar surface area (TPSA) is 111 Å². The van der Waals surface area contributed by atoms with Gasteiger partial charge in [0.15, 0.2) is 24.7 Å². The Balaban J connectivity index is 2.31. The number of rotatable bonds is 6. The highest BCUT2D eigenvalue weighted by Gasteiger charge is 2.11. The van der Waals surface area contributed by atoms with E-state index in [1.807, 2.05) is 29.7 Å². The average Bonchev–Trinajstić information content (AvgIpc) is 2.49. The lowest BCUT2D eigenvalue weighted by Crippen LogP contribution is -2.34. The van der Waals surface area contributed by atoms with E-state index in [1.165, 1.54) is 0 Å². The normalized spacial score (nSPS) is 10.1. The van der Waals surface area contributed by atoms with E-state index in [2.05, 4.69) is 0 Å². The van der Waals surface area contributed by atoms with Crippen LogP contribution >= 0.6 is 0 Å². The number of hydrazine groups is 1. The lowest BCUT2D eigenvalue weighted by Gasteiger charge is -2.12. The van der Waals surface area contributed by atoms with Crippen molar-refractivity contribution in [3.63, 3.8) is 0 Å². The van der Waals surface area contributed by atoms with Crippen molar-refractivity contribution >= 4 is 22.6 Å². The van der Waals surface area contributed by atoms with Gasteiger partial charge in [-0.25, -0.2) is 10.6 Å². The van der Waals surface area contributed by atoms with Gasteiger partial charge in [-0.2, -0.15) is 0 Å². The quantitative estimate of drug-likeness (QED) is 0.410. The van der Waals surface area contributed by atoms with Crippen molar-refractivity contribution in [3.8, 4) is 11.5 Å². The van der Waals surface area contributed by atoms with Gasteiger partial charge in [0.1, 0.15) is 0 Å². The van der Waals surface area contributed by atoms with Crippen LogP contribution in [0.2, 0.25) is 0 Å². The summed E-state index contributed by atoms with van der Waals surface area (Å²) in [6.07, 6.45) is 0. The number of benzene rings is 2. The van der Waals surface area contributed by atoms with Gasteiger partial charge in [-0.15, -0.1) is 0 Å². The van der Waals surface area contributed by atoms with Crippen LogP contribution in [0.5, 0.6) is 11.5 Å². The van der Waals surface area contributed by atoms with Crippen LogP contribution in [0.4, 0.5) is 0 Å². The fourth-order valence-electron chi connectivity index (χ4n) is 1.75. The minimum atomic E-state index is -1.10. The van der Waals surface area contributed by atoms with Crippen LogP contribution in [0.1, 0.15) is 0 Å². The number of amides is 1. The number of carboxylic acids is 1. The fraction of sp³-hybridized carbons (Fsp3) is 0.143. The molecule has 0 aliphatic carbocycles. The first-order chi connectivity index (χ1) is 10.1. The summed E-state index contributed by atoms with van der Waals surface area (Å²) in [5.41, 5.74) is 1.94. The number of fused-ring (bicyclic) bond motifs is 1. The second-order valence-corrected chi connectivity index (χ2v) is 4.18. The van der Waals surface area contributed by atoms with Crippen molar-refractivity contribution in [2.45, 2.75) is 0 Å². The molecule has 2 aromatic carbocycles. The van der Waals surface area contributed by atoms with Gasteiger partial charge >= 0.3 is 5.97 Å². The Labute approximate surface area is 120 Å². The molecule has 0 fully saturated rings. The third kappa shape index (κ3) is 3.83. The molecule has 1 amide bonds. The highest BCUT2D eigenvalue weighted by atomic mass is 16.5. The molecule has 0 saturated carbocycles. The van der Waals surface area contributed by atoms with Crippen LogP contribution in [-0.4, -0.2) is 30.2 Å². The largest absolute Gasteiger partial charge is 0.480 e. The predicted molar refractivity (Wildman–Crippen MR) is 74.9 cm³/mol. The summed E-state index contributed by atoms with van der Waals surface area (Å²) in [7, 11) is 0. The molecule has 0 atom stereocenters. The minimum absolute atomic E-state index is 0.251. The van der Waals surface area contributed by atoms with Gasteiger partial charge < -0.3 is 14.6 Å². The maximum atomic E-state index is 11.1. The maximum Gasteiger partial charge on any atom is 0.341 e. The molecule has 0 aromatic heterocycles. The summed E-state index contributed by atoms with van der Waals surface area (Å²) in [5.74, 6) is 3.89. The van der Waals surface area contributed by atoms with E-state index in [1.54, 1.807) is 12.1 Å². The van der Waals surface area contributed by atoms with E-state index >= 15 is 0 Å². The molecule has 0 spiro atoms. The van der Waals surface area contributed by atoms with E-state index < -0.39 is 18.5 Å². The van der Waals surface area contributed by atoms with Gasteiger partial charge in [0.2, 0.25) is 0 Å². The molecule has 7 heteroatoms. The number of nitrogens with one attached hydrogen (secondary N) is 1. The van der Waals surface area contributed by atoms with Gasteiger partial charge in [-0.05, 0) is 22.9 Å². The van der Waals surface area contributed by atoms with Gasteiger partial charge in [0.05, 0.1) is 0 Å². The third-order valence-corrected chi connectivity index (χ3v) is 2.68. The molecule has 2 aromatic rings. The Bertz CT molecular complexity index is 671. The molecule has 0 aliphatic heterocycles. The van der Waals surface area contributed by atoms with Gasteiger partial charge in [-0.1, -0.05) is 24.3 Å². The van der Waals surface area contributed by atoms with Crippen molar-refractivity contribution in [1.82, 2.24) is 5.43 Å². The maximum absolute atomic E-state index is 11.1. The standard InChI is InChI=1S/C14H14N2O5/c15-16-13(17)7-20-11-5-9-3-1-2-4-10(9)6-12(11)21-8-14(18)19/h1-6H,7-8,15H2,(H,16,17)(H,18,19). The van der Waals surface area contributed by atoms with Gasteiger partial charge in [0.25, 0.3) is 5.91 Å². The summed E-state index contributed by atoms with van der Waals surface area (Å²) in [5, 5.41) is 10.4. The highest BCUT2D eigenvalue weighted by Crippen LogP contribution is 2.32. The van der Waals surface area contributed by atoms with E-state index in [0.717, 1.165) is 10.8 Å². The summed E-state index contributed by atoms with van der Waals surface area (Å²) in [6.45, 7) is -0.796. The lowest BCUT2D eigenvalue weighted by molar-refractivity contribution is -0.139. The number of carboxylic acid groups (broad SMARTS) is 1. The third-order valence-electron chi connectivity index (χ3n) is 2.68. The van der Waals surface area contributed by atoms with Crippen LogP contribution in [0.25, 0.3) is 10.8 Å². The van der Waals surface area contributed by atoms with Crippen molar-refractivity contribution in [3.05, 3.63) is 36.4 Å². The number of hydrogen-bond acceptors (Lipinski definition) is 5. The van der Waals surface area contributed by atoms with Crippen molar-refractivity contribution in [2.75, 3.05) is 13.2 Å². The van der Waals surface area contributed by atoms with Crippen LogP contribution in [-0.2, 0) is 9.59 Å². The molecule has 0 heterocycles. The second kappa shape index (κ2) is 6.58. The molecule has 7 nitrogen and oxygen atoms in total. The van der Waals surface area contributed by atoms with E-state index in [4.69, 9.17) is 20.4 Å². The van der Waals surface area contributed by atoms with Crippen LogP contribution in [0.3, 0.4) is 0 Å². The number of carbonyl (C=O) groups excluding carboxylic acids is 1. The van der Waals surface area contributed by atoms with Crippen molar-refractivity contribution < 1.29 is 24.2 Å². The zero-order valence-corrected chi connectivity index (χ0v) is 11.0. The molecule has 110 valence electrons. The average molecular weight is 290 g/mol. The molecule has 2 rings (SSSR count). The van der Waals surface area contributed by atoms with Crippen LogP contribution in [0, 0.1) is 0 Å². The van der Waals surface area contributed by atoms with Crippen LogP contribution < -0.4 is 20.7 Å². The summed E-state index contributed by atoms with van der Waals surface area (Å²) >= 11 is 0. The second-order valence-electron chi connectivity index (χ2n) is 4.18. The number of ether oxygens (including phenoxy) is 2. The Kier molecular flexibility index (Phi) is 4.57. The molecular formula is C14H14N2O5. The molecule has 0 unspecified atom stereocenters. The zero-order chi connectivity index (χ0) is 15.2. The zero-order valence-electron chi connectivity index (χ0n) is 11.0. The fourth-order valence-corrected chi connectivity index (χ4v) is 1.75. The molecule has 0 bridgehead atoms. The van der Waals surface area contributed by atoms with E-state index in [0.29, 0.717) is 0 Å². The summed E-state index contributed by atoms with van der Waals surface area (Å²) < 4.78 is 10.5. The Morgan fingerprint density at radius 1 is 1.05 bits per heavy atom. The summed E-state index contributed by atoms with van der Waals surface area (Å²) in [6, 6.07) is 10.8. The smallest absolute Gasteiger partial charge is 0.341 e. The van der Waals surface area contributed by atoms with Crippen molar-refractivity contribution in [2.24, 2.45) is 5.84 Å². The molecule has 0 aliphatic rings. The Hall–Kier alpha value is -2.80. The SMILES string of the molecule is NNC(=O)COc1cc2ccccc2cc1OCC(=O)O. The minimum Gasteiger partial charge on any atom is -0.480 e. The summed E-state index contributed by atoms with van der Waals surface area (Å²) in [4.78, 5) is 21.7. The monoisotopic (exact) mass is 290 g/mol. The van der Waals surface area contributed by atoms with Gasteiger partial charge in [0, 0.05) is 0 Å². The number of carbonyl (C=O) groups is 2. The van der Waals surface area contributed by atoms with Crippen LogP contribution in [0.15, 0.2) is 36.4 Å². The predicted octanol–water partition coefficient (Wildman–Crippen LogP) is 0.672. The molecule has 4 N–H and O–H groups in total. The van der Waals surface area contributed by atoms with Crippen molar-refractivity contribution in [1.29, 1.82) is 0 Å². The molecular weight excluding hydrogens is 276 g/mol. The molecule has 0 radical (unpaired) electrons. The Morgan fingerprint density at radius 3 is 2.05 bits per heavy atom. The van der Waals surface area contributed by atoms with E-state index in [9.17, 15) is 9.59 Å². The highest BCUT2D eigenvalue weighted by molar-refractivity contribution is 5.86. The Morgan fingerprint density at radius 2 is 1.57 bits per heavy atom. The first-order valence-electron chi connectivity index (χ1n) is 6.10.